The molecule has 18 heavy (non-hydrogen) atoms. The van der Waals surface area contributed by atoms with E-state index in [2.05, 4.69) is 16.8 Å². The summed E-state index contributed by atoms with van der Waals surface area (Å²) < 4.78 is 0. The lowest BCUT2D eigenvalue weighted by Gasteiger charge is -2.33. The van der Waals surface area contributed by atoms with Gasteiger partial charge in [0, 0.05) is 24.4 Å². The van der Waals surface area contributed by atoms with Crippen molar-refractivity contribution < 1.29 is 5.11 Å². The second kappa shape index (κ2) is 5.68. The highest BCUT2D eigenvalue weighted by Gasteiger charge is 2.21. The van der Waals surface area contributed by atoms with Crippen molar-refractivity contribution in [3.8, 4) is 0 Å². The second-order valence-corrected chi connectivity index (χ2v) is 6.76. The van der Waals surface area contributed by atoms with Gasteiger partial charge in [-0.2, -0.15) is 0 Å². The number of nitrogens with zero attached hydrogens (tertiary/aromatic N) is 2. The quantitative estimate of drug-likeness (QED) is 0.912. The van der Waals surface area contributed by atoms with Gasteiger partial charge in [0.2, 0.25) is 0 Å². The van der Waals surface area contributed by atoms with E-state index < -0.39 is 5.60 Å². The zero-order valence-corrected chi connectivity index (χ0v) is 12.5. The molecule has 1 aromatic rings. The van der Waals surface area contributed by atoms with E-state index in [0.29, 0.717) is 6.04 Å². The molecule has 1 N–H and O–H groups in total. The Morgan fingerprint density at radius 2 is 2.28 bits per heavy atom. The third kappa shape index (κ3) is 3.53. The lowest BCUT2D eigenvalue weighted by molar-refractivity contribution is 0.0743. The fourth-order valence-corrected chi connectivity index (χ4v) is 3.38. The molecule has 0 saturated carbocycles. The molecule has 1 aliphatic rings. The first-order chi connectivity index (χ1) is 8.47. The third-order valence-electron chi connectivity index (χ3n) is 3.73. The maximum Gasteiger partial charge on any atom is 0.102 e. The second-order valence-electron chi connectivity index (χ2n) is 5.82. The van der Waals surface area contributed by atoms with Crippen molar-refractivity contribution in [1.82, 2.24) is 9.88 Å². The Balaban J connectivity index is 1.88. The van der Waals surface area contributed by atoms with Gasteiger partial charge in [0.05, 0.1) is 10.7 Å². The van der Waals surface area contributed by atoms with Crippen molar-refractivity contribution in [3.05, 3.63) is 16.1 Å². The molecule has 0 aromatic carbocycles. The first kappa shape index (κ1) is 14.0. The smallest absolute Gasteiger partial charge is 0.102 e. The summed E-state index contributed by atoms with van der Waals surface area (Å²) >= 11 is 1.67. The Morgan fingerprint density at radius 1 is 1.50 bits per heavy atom. The highest BCUT2D eigenvalue weighted by molar-refractivity contribution is 7.09. The maximum atomic E-state index is 9.90. The van der Waals surface area contributed by atoms with E-state index in [1.165, 1.54) is 25.8 Å². The van der Waals surface area contributed by atoms with Gasteiger partial charge in [-0.05, 0) is 40.2 Å². The number of hydrogen-bond donors (Lipinski definition) is 1. The van der Waals surface area contributed by atoms with Crippen molar-refractivity contribution in [2.24, 2.45) is 0 Å². The van der Waals surface area contributed by atoms with Crippen LogP contribution in [0.4, 0.5) is 0 Å². The monoisotopic (exact) mass is 268 g/mol. The van der Waals surface area contributed by atoms with E-state index >= 15 is 0 Å². The van der Waals surface area contributed by atoms with E-state index in [-0.39, 0.29) is 0 Å². The zero-order chi connectivity index (χ0) is 13.2. The molecular formula is C14H24N2OS. The summed E-state index contributed by atoms with van der Waals surface area (Å²) in [6, 6.07) is 0.715. The first-order valence-electron chi connectivity index (χ1n) is 6.88. The SMILES string of the molecule is CC1CCCCN1CCc1nc(C(C)(C)O)cs1. The minimum atomic E-state index is -0.812. The van der Waals surface area contributed by atoms with Crippen LogP contribution in [0, 0.1) is 0 Å². The Bertz CT molecular complexity index is 383. The molecule has 4 heteroatoms. The predicted molar refractivity (Wildman–Crippen MR) is 75.9 cm³/mol. The van der Waals surface area contributed by atoms with Crippen LogP contribution in [0.1, 0.15) is 50.7 Å². The molecule has 1 fully saturated rings. The fourth-order valence-electron chi connectivity index (χ4n) is 2.44. The molecule has 0 aliphatic carbocycles. The molecule has 1 aliphatic heterocycles. The van der Waals surface area contributed by atoms with Gasteiger partial charge in [-0.15, -0.1) is 11.3 Å². The molecule has 1 atom stereocenters. The van der Waals surface area contributed by atoms with E-state index in [0.717, 1.165) is 23.7 Å². The number of likely N-dealkylation sites (tertiary alicyclic amines) is 1. The standard InChI is InChI=1S/C14H24N2OS/c1-11-6-4-5-8-16(11)9-7-13-15-12(10-18-13)14(2,3)17/h10-11,17H,4-9H2,1-3H3. The van der Waals surface area contributed by atoms with E-state index in [1.54, 1.807) is 25.2 Å². The number of hydrogen-bond acceptors (Lipinski definition) is 4. The van der Waals surface area contributed by atoms with Crippen molar-refractivity contribution in [2.75, 3.05) is 13.1 Å². The lowest BCUT2D eigenvalue weighted by atomic mass is 10.0. The molecular weight excluding hydrogens is 244 g/mol. The normalized spacial score (nSPS) is 22.3. The van der Waals surface area contributed by atoms with Crippen LogP contribution in [0.25, 0.3) is 0 Å². The van der Waals surface area contributed by atoms with Crippen LogP contribution in [0.3, 0.4) is 0 Å². The van der Waals surface area contributed by atoms with Gasteiger partial charge >= 0.3 is 0 Å². The average molecular weight is 268 g/mol. The van der Waals surface area contributed by atoms with Gasteiger partial charge in [0.25, 0.3) is 0 Å². The molecule has 2 heterocycles. The minimum absolute atomic E-state index is 0.715. The van der Waals surface area contributed by atoms with Crippen molar-refractivity contribution >= 4 is 11.3 Å². The van der Waals surface area contributed by atoms with Crippen LogP contribution in [-0.4, -0.2) is 34.1 Å². The first-order valence-corrected chi connectivity index (χ1v) is 7.76. The van der Waals surface area contributed by atoms with Crippen LogP contribution in [-0.2, 0) is 12.0 Å². The fraction of sp³-hybridized carbons (Fsp3) is 0.786. The van der Waals surface area contributed by atoms with E-state index in [9.17, 15) is 5.11 Å². The van der Waals surface area contributed by atoms with Crippen LogP contribution < -0.4 is 0 Å². The predicted octanol–water partition coefficient (Wildman–Crippen LogP) is 2.79. The number of aromatic nitrogens is 1. The molecule has 0 spiro atoms. The molecule has 2 rings (SSSR count). The van der Waals surface area contributed by atoms with E-state index in [1.807, 2.05) is 5.38 Å². The van der Waals surface area contributed by atoms with Gasteiger partial charge in [-0.1, -0.05) is 6.42 Å². The summed E-state index contributed by atoms with van der Waals surface area (Å²) in [6.45, 7) is 8.23. The Morgan fingerprint density at radius 3 is 2.89 bits per heavy atom. The minimum Gasteiger partial charge on any atom is -0.384 e. The number of rotatable bonds is 4. The molecule has 1 saturated heterocycles. The molecule has 102 valence electrons. The molecule has 3 nitrogen and oxygen atoms in total. The Labute approximate surface area is 114 Å². The van der Waals surface area contributed by atoms with Crippen molar-refractivity contribution in [1.29, 1.82) is 0 Å². The number of piperidine rings is 1. The molecule has 1 unspecified atom stereocenters. The van der Waals surface area contributed by atoms with Crippen molar-refractivity contribution in [3.63, 3.8) is 0 Å². The van der Waals surface area contributed by atoms with Crippen LogP contribution >= 0.6 is 11.3 Å². The summed E-state index contributed by atoms with van der Waals surface area (Å²) in [5.74, 6) is 0. The summed E-state index contributed by atoms with van der Waals surface area (Å²) in [5, 5.41) is 13.0. The van der Waals surface area contributed by atoms with E-state index in [4.69, 9.17) is 0 Å². The number of aliphatic hydroxyl groups is 1. The summed E-state index contributed by atoms with van der Waals surface area (Å²) in [5.41, 5.74) is -0.0122. The lowest BCUT2D eigenvalue weighted by Crippen LogP contribution is -2.38. The third-order valence-corrected chi connectivity index (χ3v) is 4.64. The maximum absolute atomic E-state index is 9.90. The van der Waals surface area contributed by atoms with Gasteiger partial charge in [0.1, 0.15) is 5.60 Å². The molecule has 1 aromatic heterocycles. The van der Waals surface area contributed by atoms with Crippen LogP contribution in [0.2, 0.25) is 0 Å². The molecule has 0 amide bonds. The molecule has 0 radical (unpaired) electrons. The van der Waals surface area contributed by atoms with Gasteiger partial charge in [-0.25, -0.2) is 4.98 Å². The molecule has 0 bridgehead atoms. The van der Waals surface area contributed by atoms with Crippen molar-refractivity contribution in [2.45, 2.75) is 58.1 Å². The van der Waals surface area contributed by atoms with Crippen LogP contribution in [0.15, 0.2) is 5.38 Å². The zero-order valence-electron chi connectivity index (χ0n) is 11.6. The summed E-state index contributed by atoms with van der Waals surface area (Å²) in [4.78, 5) is 7.10. The Kier molecular flexibility index (Phi) is 4.41. The highest BCUT2D eigenvalue weighted by atomic mass is 32.1. The van der Waals surface area contributed by atoms with Gasteiger partial charge in [0.15, 0.2) is 0 Å². The highest BCUT2D eigenvalue weighted by Crippen LogP contribution is 2.23. The summed E-state index contributed by atoms with van der Waals surface area (Å²) in [7, 11) is 0. The Hall–Kier alpha value is -0.450. The topological polar surface area (TPSA) is 36.4 Å². The average Bonchev–Trinajstić information content (AvgIpc) is 2.76. The largest absolute Gasteiger partial charge is 0.384 e. The summed E-state index contributed by atoms with van der Waals surface area (Å²) in [6.07, 6.45) is 5.03. The van der Waals surface area contributed by atoms with Gasteiger partial charge < -0.3 is 10.0 Å². The number of thiazole rings is 1. The van der Waals surface area contributed by atoms with Gasteiger partial charge in [-0.3, -0.25) is 0 Å². The van der Waals surface area contributed by atoms with Crippen LogP contribution in [0.5, 0.6) is 0 Å².